The van der Waals surface area contributed by atoms with E-state index in [1.54, 1.807) is 12.1 Å². The molecule has 0 aliphatic rings. The molecule has 2 aromatic rings. The van der Waals surface area contributed by atoms with Gasteiger partial charge in [0.2, 0.25) is 0 Å². The summed E-state index contributed by atoms with van der Waals surface area (Å²) >= 11 is 0. The average Bonchev–Trinajstić information content (AvgIpc) is 2.46. The van der Waals surface area contributed by atoms with Crippen molar-refractivity contribution in [2.45, 2.75) is 39.7 Å². The van der Waals surface area contributed by atoms with Gasteiger partial charge in [0.25, 0.3) is 0 Å². The Morgan fingerprint density at radius 1 is 1.14 bits per heavy atom. The zero-order valence-electron chi connectivity index (χ0n) is 12.8. The molecule has 0 saturated carbocycles. The van der Waals surface area contributed by atoms with Gasteiger partial charge in [-0.2, -0.15) is 0 Å². The molecule has 2 nitrogen and oxygen atoms in total. The van der Waals surface area contributed by atoms with Crippen LogP contribution in [0.1, 0.15) is 30.0 Å². The number of nitrogens with two attached hydrogens (primary N) is 1. The molecule has 2 aromatic carbocycles. The molecule has 21 heavy (non-hydrogen) atoms. The molecule has 2 rings (SSSR count). The third kappa shape index (κ3) is 3.82. The summed E-state index contributed by atoms with van der Waals surface area (Å²) in [5.41, 5.74) is 8.86. The van der Waals surface area contributed by atoms with E-state index in [-0.39, 0.29) is 11.9 Å². The molecule has 0 spiro atoms. The topological polar surface area (TPSA) is 35.2 Å². The van der Waals surface area contributed by atoms with E-state index in [0.717, 1.165) is 17.7 Å². The van der Waals surface area contributed by atoms with Gasteiger partial charge in [-0.05, 0) is 62.1 Å². The van der Waals surface area contributed by atoms with Crippen LogP contribution in [0.3, 0.4) is 0 Å². The van der Waals surface area contributed by atoms with Crippen molar-refractivity contribution in [3.05, 3.63) is 58.9 Å². The molecule has 0 aliphatic carbocycles. The van der Waals surface area contributed by atoms with Gasteiger partial charge < -0.3 is 10.5 Å². The van der Waals surface area contributed by atoms with Gasteiger partial charge in [-0.25, -0.2) is 4.39 Å². The lowest BCUT2D eigenvalue weighted by molar-refractivity contribution is 0.460. The normalized spacial score (nSPS) is 12.2. The molecule has 0 saturated heterocycles. The lowest BCUT2D eigenvalue weighted by Gasteiger charge is -2.15. The molecule has 0 heterocycles. The second kappa shape index (κ2) is 6.72. The van der Waals surface area contributed by atoms with Crippen LogP contribution in [0, 0.1) is 19.7 Å². The highest BCUT2D eigenvalue weighted by Crippen LogP contribution is 2.29. The van der Waals surface area contributed by atoms with E-state index in [0.29, 0.717) is 17.7 Å². The Balaban J connectivity index is 2.30. The van der Waals surface area contributed by atoms with Crippen LogP contribution in [0.2, 0.25) is 0 Å². The predicted molar refractivity (Wildman–Crippen MR) is 84.4 cm³/mol. The van der Waals surface area contributed by atoms with Gasteiger partial charge in [-0.15, -0.1) is 0 Å². The van der Waals surface area contributed by atoms with Crippen molar-refractivity contribution in [1.29, 1.82) is 0 Å². The summed E-state index contributed by atoms with van der Waals surface area (Å²) in [5, 5.41) is 0. The van der Waals surface area contributed by atoms with Crippen molar-refractivity contribution in [3.8, 4) is 11.5 Å². The van der Waals surface area contributed by atoms with Gasteiger partial charge >= 0.3 is 0 Å². The van der Waals surface area contributed by atoms with Gasteiger partial charge in [0.05, 0.1) is 0 Å². The monoisotopic (exact) mass is 287 g/mol. The third-order valence-electron chi connectivity index (χ3n) is 3.77. The molecule has 0 fully saturated rings. The Hall–Kier alpha value is -1.87. The van der Waals surface area contributed by atoms with Crippen LogP contribution in [-0.2, 0) is 6.42 Å². The minimum absolute atomic E-state index is 0.0657. The van der Waals surface area contributed by atoms with Crippen molar-refractivity contribution >= 4 is 0 Å². The van der Waals surface area contributed by atoms with Gasteiger partial charge in [0.1, 0.15) is 17.3 Å². The largest absolute Gasteiger partial charge is 0.457 e. The Morgan fingerprint density at radius 2 is 1.90 bits per heavy atom. The first-order chi connectivity index (χ1) is 10.0. The summed E-state index contributed by atoms with van der Waals surface area (Å²) in [7, 11) is 0. The van der Waals surface area contributed by atoms with E-state index in [1.807, 2.05) is 39.0 Å². The first-order valence-electron chi connectivity index (χ1n) is 7.29. The SMILES string of the molecule is CCC(N)Cc1c(F)cccc1Oc1ccc(C)c(C)c1. The summed E-state index contributed by atoms with van der Waals surface area (Å²) in [6.45, 7) is 6.07. The molecule has 2 N–H and O–H groups in total. The molecule has 0 amide bonds. The average molecular weight is 287 g/mol. The number of aryl methyl sites for hydroxylation is 2. The van der Waals surface area contributed by atoms with E-state index in [2.05, 4.69) is 0 Å². The quantitative estimate of drug-likeness (QED) is 0.877. The predicted octanol–water partition coefficient (Wildman–Crippen LogP) is 4.51. The van der Waals surface area contributed by atoms with Crippen LogP contribution in [0.4, 0.5) is 4.39 Å². The van der Waals surface area contributed by atoms with Crippen LogP contribution < -0.4 is 10.5 Å². The highest BCUT2D eigenvalue weighted by Gasteiger charge is 2.13. The standard InChI is InChI=1S/C18H22FNO/c1-4-14(20)11-16-17(19)6-5-7-18(16)21-15-9-8-12(2)13(3)10-15/h5-10,14H,4,11,20H2,1-3H3. The molecule has 0 radical (unpaired) electrons. The molecule has 0 bridgehead atoms. The Morgan fingerprint density at radius 3 is 2.57 bits per heavy atom. The van der Waals surface area contributed by atoms with Crippen molar-refractivity contribution in [3.63, 3.8) is 0 Å². The fraction of sp³-hybridized carbons (Fsp3) is 0.333. The first kappa shape index (κ1) is 15.5. The van der Waals surface area contributed by atoms with Crippen molar-refractivity contribution in [2.75, 3.05) is 0 Å². The molecule has 0 aromatic heterocycles. The van der Waals surface area contributed by atoms with Crippen LogP contribution in [-0.4, -0.2) is 6.04 Å². The molecule has 0 aliphatic heterocycles. The lowest BCUT2D eigenvalue weighted by atomic mass is 10.0. The molecular formula is C18H22FNO. The van der Waals surface area contributed by atoms with Gasteiger partial charge in [0.15, 0.2) is 0 Å². The van der Waals surface area contributed by atoms with Crippen LogP contribution in [0.5, 0.6) is 11.5 Å². The molecule has 3 heteroatoms. The fourth-order valence-corrected chi connectivity index (χ4v) is 2.14. The van der Waals surface area contributed by atoms with Crippen LogP contribution >= 0.6 is 0 Å². The van der Waals surface area contributed by atoms with Crippen LogP contribution in [0.15, 0.2) is 36.4 Å². The lowest BCUT2D eigenvalue weighted by Crippen LogP contribution is -2.22. The maximum absolute atomic E-state index is 14.1. The van der Waals surface area contributed by atoms with Crippen molar-refractivity contribution in [2.24, 2.45) is 5.73 Å². The van der Waals surface area contributed by atoms with E-state index in [9.17, 15) is 4.39 Å². The Labute approximate surface area is 125 Å². The van der Waals surface area contributed by atoms with E-state index < -0.39 is 0 Å². The van der Waals surface area contributed by atoms with Crippen LogP contribution in [0.25, 0.3) is 0 Å². The van der Waals surface area contributed by atoms with Crippen molar-refractivity contribution < 1.29 is 9.13 Å². The highest BCUT2D eigenvalue weighted by molar-refractivity contribution is 5.41. The molecular weight excluding hydrogens is 265 g/mol. The molecule has 1 unspecified atom stereocenters. The Kier molecular flexibility index (Phi) is 4.97. The zero-order chi connectivity index (χ0) is 15.4. The number of rotatable bonds is 5. The minimum atomic E-state index is -0.264. The second-order valence-electron chi connectivity index (χ2n) is 5.44. The minimum Gasteiger partial charge on any atom is -0.457 e. The maximum atomic E-state index is 14.1. The smallest absolute Gasteiger partial charge is 0.133 e. The summed E-state index contributed by atoms with van der Waals surface area (Å²) in [4.78, 5) is 0. The highest BCUT2D eigenvalue weighted by atomic mass is 19.1. The number of halogens is 1. The summed E-state index contributed by atoms with van der Waals surface area (Å²) in [6.07, 6.45) is 1.28. The zero-order valence-corrected chi connectivity index (χ0v) is 12.8. The third-order valence-corrected chi connectivity index (χ3v) is 3.77. The van der Waals surface area contributed by atoms with Gasteiger partial charge in [-0.1, -0.05) is 19.1 Å². The van der Waals surface area contributed by atoms with Gasteiger partial charge in [-0.3, -0.25) is 0 Å². The summed E-state index contributed by atoms with van der Waals surface area (Å²) in [5.74, 6) is 0.998. The Bertz CT molecular complexity index is 625. The summed E-state index contributed by atoms with van der Waals surface area (Å²) < 4.78 is 19.9. The van der Waals surface area contributed by atoms with E-state index in [1.165, 1.54) is 11.6 Å². The molecule has 112 valence electrons. The number of hydrogen-bond donors (Lipinski definition) is 1. The summed E-state index contributed by atoms with van der Waals surface area (Å²) in [6, 6.07) is 10.7. The first-order valence-corrected chi connectivity index (χ1v) is 7.29. The molecule has 1 atom stereocenters. The maximum Gasteiger partial charge on any atom is 0.133 e. The number of hydrogen-bond acceptors (Lipinski definition) is 2. The van der Waals surface area contributed by atoms with Crippen molar-refractivity contribution in [1.82, 2.24) is 0 Å². The number of ether oxygens (including phenoxy) is 1. The van der Waals surface area contributed by atoms with Gasteiger partial charge in [0, 0.05) is 11.6 Å². The van der Waals surface area contributed by atoms with E-state index >= 15 is 0 Å². The van der Waals surface area contributed by atoms with E-state index in [4.69, 9.17) is 10.5 Å². The fourth-order valence-electron chi connectivity index (χ4n) is 2.14. The second-order valence-corrected chi connectivity index (χ2v) is 5.44. The number of benzene rings is 2.